The van der Waals surface area contributed by atoms with Crippen LogP contribution in [0.15, 0.2) is 24.3 Å². The van der Waals surface area contributed by atoms with Gasteiger partial charge in [0, 0.05) is 12.1 Å². The Balaban J connectivity index is 2.65. The number of nitrogens with two attached hydrogens (primary N) is 1. The largest absolute Gasteiger partial charge is 0.399 e. The van der Waals surface area contributed by atoms with E-state index in [2.05, 4.69) is 5.32 Å². The average Bonchev–Trinajstić information content (AvgIpc) is 2.18. The van der Waals surface area contributed by atoms with E-state index in [0.717, 1.165) is 11.3 Å². The Morgan fingerprint density at radius 2 is 2.00 bits per heavy atom. The van der Waals surface area contributed by atoms with Gasteiger partial charge in [0.15, 0.2) is 0 Å². The van der Waals surface area contributed by atoms with Crippen LogP contribution in [0.25, 0.3) is 0 Å². The molecule has 0 aliphatic carbocycles. The number of carbonyl (C=O) groups is 1. The summed E-state index contributed by atoms with van der Waals surface area (Å²) in [6.07, 6.45) is 0.513. The van der Waals surface area contributed by atoms with Crippen molar-refractivity contribution in [2.75, 3.05) is 5.73 Å². The van der Waals surface area contributed by atoms with Crippen molar-refractivity contribution < 1.29 is 4.79 Å². The first kappa shape index (κ1) is 10.6. The van der Waals surface area contributed by atoms with Crippen LogP contribution in [-0.4, -0.2) is 5.91 Å². The number of carbonyl (C=O) groups excluding carboxylic acids is 1. The zero-order valence-electron chi connectivity index (χ0n) is 8.58. The highest BCUT2D eigenvalue weighted by Gasteiger charge is 2.06. The average molecular weight is 192 g/mol. The highest BCUT2D eigenvalue weighted by Crippen LogP contribution is 2.13. The fraction of sp³-hybridized carbons (Fsp3) is 0.364. The summed E-state index contributed by atoms with van der Waals surface area (Å²) in [5.74, 6) is 0.0642. The summed E-state index contributed by atoms with van der Waals surface area (Å²) in [7, 11) is 0. The van der Waals surface area contributed by atoms with Crippen LogP contribution < -0.4 is 11.1 Å². The Morgan fingerprint density at radius 3 is 2.50 bits per heavy atom. The number of amides is 1. The summed E-state index contributed by atoms with van der Waals surface area (Å²) in [5.41, 5.74) is 7.38. The Kier molecular flexibility index (Phi) is 3.51. The molecule has 0 radical (unpaired) electrons. The molecule has 1 unspecified atom stereocenters. The van der Waals surface area contributed by atoms with Crippen LogP contribution in [0.5, 0.6) is 0 Å². The quantitative estimate of drug-likeness (QED) is 0.718. The van der Waals surface area contributed by atoms with Crippen LogP contribution in [0, 0.1) is 0 Å². The molecule has 3 nitrogen and oxygen atoms in total. The Hall–Kier alpha value is -1.51. The third-order valence-electron chi connectivity index (χ3n) is 2.14. The molecule has 0 aliphatic heterocycles. The lowest BCUT2D eigenvalue weighted by molar-refractivity contribution is -0.121. The van der Waals surface area contributed by atoms with Crippen LogP contribution in [0.3, 0.4) is 0 Å². The van der Waals surface area contributed by atoms with E-state index >= 15 is 0 Å². The van der Waals surface area contributed by atoms with Gasteiger partial charge < -0.3 is 11.1 Å². The summed E-state index contributed by atoms with van der Waals surface area (Å²) < 4.78 is 0. The lowest BCUT2D eigenvalue weighted by Crippen LogP contribution is -2.25. The maximum atomic E-state index is 11.1. The first-order valence-corrected chi connectivity index (χ1v) is 4.78. The molecule has 0 heterocycles. The molecule has 0 bridgehead atoms. The predicted molar refractivity (Wildman–Crippen MR) is 57.7 cm³/mol. The van der Waals surface area contributed by atoms with Crippen molar-refractivity contribution in [1.29, 1.82) is 0 Å². The SMILES string of the molecule is CCC(=O)NC(C)c1ccc(N)cc1. The summed E-state index contributed by atoms with van der Waals surface area (Å²) in [4.78, 5) is 11.1. The molecule has 0 fully saturated rings. The molecular weight excluding hydrogens is 176 g/mol. The molecule has 3 heteroatoms. The summed E-state index contributed by atoms with van der Waals surface area (Å²) in [5, 5.41) is 2.89. The number of hydrogen-bond acceptors (Lipinski definition) is 2. The summed E-state index contributed by atoms with van der Waals surface area (Å²) in [6.45, 7) is 3.80. The first-order chi connectivity index (χ1) is 6.63. The number of rotatable bonds is 3. The molecule has 0 spiro atoms. The molecule has 1 atom stereocenters. The van der Waals surface area contributed by atoms with E-state index in [0.29, 0.717) is 6.42 Å². The third-order valence-corrected chi connectivity index (χ3v) is 2.14. The molecule has 14 heavy (non-hydrogen) atoms. The predicted octanol–water partition coefficient (Wildman–Crippen LogP) is 1.86. The first-order valence-electron chi connectivity index (χ1n) is 4.78. The number of anilines is 1. The van der Waals surface area contributed by atoms with E-state index in [4.69, 9.17) is 5.73 Å². The second-order valence-electron chi connectivity index (χ2n) is 3.31. The van der Waals surface area contributed by atoms with Gasteiger partial charge in [-0.25, -0.2) is 0 Å². The molecule has 0 aromatic heterocycles. The van der Waals surface area contributed by atoms with Crippen molar-refractivity contribution in [3.63, 3.8) is 0 Å². The van der Waals surface area contributed by atoms with Crippen molar-refractivity contribution in [1.82, 2.24) is 5.32 Å². The van der Waals surface area contributed by atoms with Crippen molar-refractivity contribution in [2.45, 2.75) is 26.3 Å². The monoisotopic (exact) mass is 192 g/mol. The van der Waals surface area contributed by atoms with Gasteiger partial charge in [0.2, 0.25) is 5.91 Å². The van der Waals surface area contributed by atoms with E-state index in [1.807, 2.05) is 38.1 Å². The molecule has 1 aromatic carbocycles. The molecule has 1 rings (SSSR count). The third kappa shape index (κ3) is 2.76. The van der Waals surface area contributed by atoms with Crippen LogP contribution in [0.1, 0.15) is 31.9 Å². The smallest absolute Gasteiger partial charge is 0.220 e. The molecule has 0 saturated heterocycles. The fourth-order valence-corrected chi connectivity index (χ4v) is 1.21. The summed E-state index contributed by atoms with van der Waals surface area (Å²) in [6, 6.07) is 7.57. The molecule has 0 saturated carbocycles. The van der Waals surface area contributed by atoms with Gasteiger partial charge in [0.25, 0.3) is 0 Å². The topological polar surface area (TPSA) is 55.1 Å². The highest BCUT2D eigenvalue weighted by molar-refractivity contribution is 5.76. The van der Waals surface area contributed by atoms with E-state index in [-0.39, 0.29) is 11.9 Å². The van der Waals surface area contributed by atoms with Gasteiger partial charge in [-0.15, -0.1) is 0 Å². The Bertz CT molecular complexity index is 306. The van der Waals surface area contributed by atoms with Crippen molar-refractivity contribution in [3.05, 3.63) is 29.8 Å². The second-order valence-corrected chi connectivity index (χ2v) is 3.31. The van der Waals surface area contributed by atoms with Gasteiger partial charge in [-0.2, -0.15) is 0 Å². The van der Waals surface area contributed by atoms with Crippen LogP contribution in [-0.2, 0) is 4.79 Å². The molecule has 76 valence electrons. The number of nitrogens with one attached hydrogen (secondary N) is 1. The Labute approximate surface area is 84.3 Å². The van der Waals surface area contributed by atoms with Crippen LogP contribution >= 0.6 is 0 Å². The maximum absolute atomic E-state index is 11.1. The van der Waals surface area contributed by atoms with Gasteiger partial charge in [-0.1, -0.05) is 19.1 Å². The van der Waals surface area contributed by atoms with Gasteiger partial charge in [-0.3, -0.25) is 4.79 Å². The number of hydrogen-bond donors (Lipinski definition) is 2. The Morgan fingerprint density at radius 1 is 1.43 bits per heavy atom. The van der Waals surface area contributed by atoms with Crippen molar-refractivity contribution in [2.24, 2.45) is 0 Å². The molecular formula is C11H16N2O. The van der Waals surface area contributed by atoms with Crippen molar-refractivity contribution >= 4 is 11.6 Å². The zero-order valence-corrected chi connectivity index (χ0v) is 8.58. The lowest BCUT2D eigenvalue weighted by atomic mass is 10.1. The fourth-order valence-electron chi connectivity index (χ4n) is 1.21. The minimum Gasteiger partial charge on any atom is -0.399 e. The highest BCUT2D eigenvalue weighted by atomic mass is 16.1. The normalized spacial score (nSPS) is 12.1. The minimum absolute atomic E-state index is 0.0445. The second kappa shape index (κ2) is 4.65. The summed E-state index contributed by atoms with van der Waals surface area (Å²) >= 11 is 0. The van der Waals surface area contributed by atoms with E-state index in [9.17, 15) is 4.79 Å². The number of nitrogen functional groups attached to an aromatic ring is 1. The number of benzene rings is 1. The van der Waals surface area contributed by atoms with Crippen LogP contribution in [0.4, 0.5) is 5.69 Å². The van der Waals surface area contributed by atoms with Gasteiger partial charge >= 0.3 is 0 Å². The van der Waals surface area contributed by atoms with Crippen LogP contribution in [0.2, 0.25) is 0 Å². The van der Waals surface area contributed by atoms with E-state index in [1.165, 1.54) is 0 Å². The minimum atomic E-state index is 0.0445. The van der Waals surface area contributed by atoms with E-state index < -0.39 is 0 Å². The molecule has 3 N–H and O–H groups in total. The molecule has 1 amide bonds. The standard InChI is InChI=1S/C11H16N2O/c1-3-11(14)13-8(2)9-4-6-10(12)7-5-9/h4-8H,3,12H2,1-2H3,(H,13,14). The van der Waals surface area contributed by atoms with E-state index in [1.54, 1.807) is 0 Å². The van der Waals surface area contributed by atoms with Gasteiger partial charge in [0.1, 0.15) is 0 Å². The van der Waals surface area contributed by atoms with Crippen molar-refractivity contribution in [3.8, 4) is 0 Å². The van der Waals surface area contributed by atoms with Gasteiger partial charge in [0.05, 0.1) is 6.04 Å². The molecule has 1 aromatic rings. The molecule has 0 aliphatic rings. The van der Waals surface area contributed by atoms with Gasteiger partial charge in [-0.05, 0) is 24.6 Å². The lowest BCUT2D eigenvalue weighted by Gasteiger charge is -2.13. The zero-order chi connectivity index (χ0) is 10.6. The maximum Gasteiger partial charge on any atom is 0.220 e.